The second-order valence-corrected chi connectivity index (χ2v) is 6.06. The minimum atomic E-state index is -0.724. The van der Waals surface area contributed by atoms with Crippen molar-refractivity contribution in [3.63, 3.8) is 0 Å². The monoisotopic (exact) mass is 340 g/mol. The molecule has 0 saturated heterocycles. The number of carbonyl (C=O) groups is 2. The Labute approximate surface area is 145 Å². The SMILES string of the molecule is Cc1ccc(NC(=O)c2oc3c(c2C)/C(=N/NC(N)=O)CCC3)cc1. The van der Waals surface area contributed by atoms with Crippen molar-refractivity contribution >= 4 is 23.3 Å². The summed E-state index contributed by atoms with van der Waals surface area (Å²) >= 11 is 0. The number of nitrogens with zero attached hydrogens (tertiary/aromatic N) is 1. The fraction of sp³-hybridized carbons (Fsp3) is 0.278. The lowest BCUT2D eigenvalue weighted by Gasteiger charge is -2.13. The zero-order chi connectivity index (χ0) is 18.0. The highest BCUT2D eigenvalue weighted by Gasteiger charge is 2.28. The quantitative estimate of drug-likeness (QED) is 0.747. The number of carbonyl (C=O) groups excluding carboxylic acids is 2. The maximum atomic E-state index is 12.6. The van der Waals surface area contributed by atoms with Crippen molar-refractivity contribution in [1.29, 1.82) is 0 Å². The van der Waals surface area contributed by atoms with Crippen LogP contribution in [-0.4, -0.2) is 17.6 Å². The third-order valence-electron chi connectivity index (χ3n) is 4.14. The molecule has 0 spiro atoms. The maximum absolute atomic E-state index is 12.6. The number of urea groups is 1. The molecule has 0 aliphatic heterocycles. The zero-order valence-electron chi connectivity index (χ0n) is 14.2. The number of hydrazone groups is 1. The Bertz CT molecular complexity index is 850. The number of nitrogens with one attached hydrogen (secondary N) is 2. The van der Waals surface area contributed by atoms with Gasteiger partial charge in [-0.25, -0.2) is 10.2 Å². The summed E-state index contributed by atoms with van der Waals surface area (Å²) in [4.78, 5) is 23.5. The number of benzene rings is 1. The van der Waals surface area contributed by atoms with Crippen LogP contribution >= 0.6 is 0 Å². The lowest BCUT2D eigenvalue weighted by molar-refractivity contribution is 0.0994. The van der Waals surface area contributed by atoms with Crippen LogP contribution in [-0.2, 0) is 6.42 Å². The lowest BCUT2D eigenvalue weighted by Crippen LogP contribution is -2.27. The van der Waals surface area contributed by atoms with Gasteiger partial charge < -0.3 is 15.5 Å². The van der Waals surface area contributed by atoms with Crippen LogP contribution in [0, 0.1) is 13.8 Å². The summed E-state index contributed by atoms with van der Waals surface area (Å²) in [6.07, 6.45) is 2.24. The molecule has 1 aliphatic carbocycles. The van der Waals surface area contributed by atoms with E-state index in [4.69, 9.17) is 10.2 Å². The van der Waals surface area contributed by atoms with Crippen molar-refractivity contribution in [1.82, 2.24) is 5.43 Å². The van der Waals surface area contributed by atoms with Crippen molar-refractivity contribution in [2.75, 3.05) is 5.32 Å². The van der Waals surface area contributed by atoms with E-state index in [0.717, 1.165) is 24.0 Å². The number of fused-ring (bicyclic) bond motifs is 1. The number of aryl methyl sites for hydroxylation is 2. The first-order chi connectivity index (χ1) is 12.0. The second kappa shape index (κ2) is 6.80. The van der Waals surface area contributed by atoms with Gasteiger partial charge in [0.15, 0.2) is 5.76 Å². The highest BCUT2D eigenvalue weighted by Crippen LogP contribution is 2.30. The van der Waals surface area contributed by atoms with E-state index in [-0.39, 0.29) is 11.7 Å². The number of nitrogens with two attached hydrogens (primary N) is 1. The Morgan fingerprint density at radius 1 is 1.16 bits per heavy atom. The van der Waals surface area contributed by atoms with Gasteiger partial charge in [-0.15, -0.1) is 0 Å². The zero-order valence-corrected chi connectivity index (χ0v) is 14.2. The van der Waals surface area contributed by atoms with E-state index in [0.29, 0.717) is 29.1 Å². The first-order valence-electron chi connectivity index (χ1n) is 8.08. The molecule has 25 heavy (non-hydrogen) atoms. The normalized spacial score (nSPS) is 14.9. The molecule has 0 saturated carbocycles. The molecule has 3 rings (SSSR count). The number of hydrogen-bond acceptors (Lipinski definition) is 4. The summed E-state index contributed by atoms with van der Waals surface area (Å²) in [5.41, 5.74) is 11.3. The van der Waals surface area contributed by atoms with Crippen LogP contribution in [0.25, 0.3) is 0 Å². The Morgan fingerprint density at radius 2 is 1.88 bits per heavy atom. The number of anilines is 1. The summed E-state index contributed by atoms with van der Waals surface area (Å²) in [5.74, 6) is 0.667. The highest BCUT2D eigenvalue weighted by atomic mass is 16.4. The van der Waals surface area contributed by atoms with Gasteiger partial charge in [-0.05, 0) is 38.8 Å². The van der Waals surface area contributed by atoms with Crippen molar-refractivity contribution < 1.29 is 14.0 Å². The largest absolute Gasteiger partial charge is 0.455 e. The molecule has 0 atom stereocenters. The number of primary amides is 1. The molecule has 1 aromatic carbocycles. The van der Waals surface area contributed by atoms with E-state index in [1.165, 1.54) is 0 Å². The molecule has 130 valence electrons. The minimum absolute atomic E-state index is 0.263. The molecule has 3 amide bonds. The van der Waals surface area contributed by atoms with Gasteiger partial charge in [0.1, 0.15) is 5.76 Å². The number of furan rings is 1. The Balaban J connectivity index is 1.88. The minimum Gasteiger partial charge on any atom is -0.455 e. The smallest absolute Gasteiger partial charge is 0.332 e. The van der Waals surface area contributed by atoms with Crippen molar-refractivity contribution in [2.45, 2.75) is 33.1 Å². The van der Waals surface area contributed by atoms with Gasteiger partial charge in [-0.1, -0.05) is 17.7 Å². The van der Waals surface area contributed by atoms with E-state index in [1.807, 2.05) is 38.1 Å². The second-order valence-electron chi connectivity index (χ2n) is 6.06. The van der Waals surface area contributed by atoms with Gasteiger partial charge in [0, 0.05) is 23.2 Å². The van der Waals surface area contributed by atoms with Crippen LogP contribution in [0.3, 0.4) is 0 Å². The standard InChI is InChI=1S/C18H20N4O3/c1-10-6-8-12(9-7-10)20-17(23)16-11(2)15-13(21-22-18(19)24)4-3-5-14(15)25-16/h6-9H,3-5H2,1-2H3,(H,20,23)(H3,19,22,24)/b21-13+. The van der Waals surface area contributed by atoms with Gasteiger partial charge in [0.2, 0.25) is 0 Å². The molecule has 4 N–H and O–H groups in total. The third kappa shape index (κ3) is 3.55. The van der Waals surface area contributed by atoms with Gasteiger partial charge >= 0.3 is 6.03 Å². The van der Waals surface area contributed by atoms with Crippen LogP contribution in [0.2, 0.25) is 0 Å². The molecule has 1 aliphatic rings. The van der Waals surface area contributed by atoms with Crippen molar-refractivity contribution in [2.24, 2.45) is 10.8 Å². The van der Waals surface area contributed by atoms with Crippen molar-refractivity contribution in [3.8, 4) is 0 Å². The van der Waals surface area contributed by atoms with Crippen LogP contribution in [0.4, 0.5) is 10.5 Å². The molecule has 7 nitrogen and oxygen atoms in total. The van der Waals surface area contributed by atoms with Crippen molar-refractivity contribution in [3.05, 3.63) is 52.5 Å². The Kier molecular flexibility index (Phi) is 4.56. The van der Waals surface area contributed by atoms with Crippen LogP contribution in [0.1, 0.15) is 45.8 Å². The molecule has 0 bridgehead atoms. The van der Waals surface area contributed by atoms with Crippen LogP contribution in [0.5, 0.6) is 0 Å². The van der Waals surface area contributed by atoms with E-state index in [9.17, 15) is 9.59 Å². The van der Waals surface area contributed by atoms with Crippen LogP contribution < -0.4 is 16.5 Å². The Hall–Kier alpha value is -3.09. The van der Waals surface area contributed by atoms with Gasteiger partial charge in [0.05, 0.1) is 5.71 Å². The molecule has 2 aromatic rings. The molecule has 0 unspecified atom stereocenters. The summed E-state index contributed by atoms with van der Waals surface area (Å²) in [5, 5.41) is 6.89. The van der Waals surface area contributed by atoms with E-state index >= 15 is 0 Å². The first kappa shape index (κ1) is 16.8. The average Bonchev–Trinajstić information content (AvgIpc) is 2.93. The molecule has 7 heteroatoms. The molecular formula is C18H20N4O3. The molecule has 1 heterocycles. The van der Waals surface area contributed by atoms with E-state index < -0.39 is 6.03 Å². The Morgan fingerprint density at radius 3 is 2.56 bits per heavy atom. The predicted octanol–water partition coefficient (Wildman–Crippen LogP) is 2.86. The molecule has 1 aromatic heterocycles. The van der Waals surface area contributed by atoms with E-state index in [2.05, 4.69) is 15.8 Å². The van der Waals surface area contributed by atoms with Gasteiger partial charge in [-0.3, -0.25) is 4.79 Å². The van der Waals surface area contributed by atoms with E-state index in [1.54, 1.807) is 0 Å². The summed E-state index contributed by atoms with van der Waals surface area (Å²) in [6.45, 7) is 3.80. The predicted molar refractivity (Wildman–Crippen MR) is 94.8 cm³/mol. The summed E-state index contributed by atoms with van der Waals surface area (Å²) in [6, 6.07) is 6.81. The molecule has 0 fully saturated rings. The number of hydrogen-bond donors (Lipinski definition) is 3. The lowest BCUT2D eigenvalue weighted by atomic mass is 9.93. The summed E-state index contributed by atoms with van der Waals surface area (Å²) < 4.78 is 5.79. The van der Waals surface area contributed by atoms with Gasteiger partial charge in [0.25, 0.3) is 5.91 Å². The average molecular weight is 340 g/mol. The maximum Gasteiger partial charge on any atom is 0.332 e. The molecule has 0 radical (unpaired) electrons. The molecular weight excluding hydrogens is 320 g/mol. The highest BCUT2D eigenvalue weighted by molar-refractivity contribution is 6.09. The van der Waals surface area contributed by atoms with Gasteiger partial charge in [-0.2, -0.15) is 5.10 Å². The number of amides is 3. The van der Waals surface area contributed by atoms with Crippen LogP contribution in [0.15, 0.2) is 33.8 Å². The fourth-order valence-corrected chi connectivity index (χ4v) is 2.94. The topological polar surface area (TPSA) is 110 Å². The summed E-state index contributed by atoms with van der Waals surface area (Å²) in [7, 11) is 0. The number of rotatable bonds is 3. The first-order valence-corrected chi connectivity index (χ1v) is 8.08. The third-order valence-corrected chi connectivity index (χ3v) is 4.14. The fourth-order valence-electron chi connectivity index (χ4n) is 2.94.